The summed E-state index contributed by atoms with van der Waals surface area (Å²) in [4.78, 5) is 23.5. The second-order valence-corrected chi connectivity index (χ2v) is 10.5. The van der Waals surface area contributed by atoms with E-state index in [-0.39, 0.29) is 17.5 Å². The molecule has 0 aromatic rings. The van der Waals surface area contributed by atoms with Crippen LogP contribution in [0.2, 0.25) is 0 Å². The van der Waals surface area contributed by atoms with Crippen LogP contribution in [-0.2, 0) is 14.3 Å². The predicted octanol–water partition coefficient (Wildman–Crippen LogP) is 5.17. The Kier molecular flexibility index (Phi) is 4.51. The minimum Gasteiger partial charge on any atom is -0.462 e. The molecule has 0 heterocycles. The van der Waals surface area contributed by atoms with E-state index in [2.05, 4.69) is 13.8 Å². The molecule has 0 spiro atoms. The quantitative estimate of drug-likeness (QED) is 0.638. The third-order valence-corrected chi connectivity index (χ3v) is 9.46. The number of ether oxygens (including phenoxy) is 1. The summed E-state index contributed by atoms with van der Waals surface area (Å²) in [6.45, 7) is 8.29. The van der Waals surface area contributed by atoms with Gasteiger partial charge in [0.2, 0.25) is 0 Å². The number of rotatable bonds is 2. The molecule has 4 saturated carbocycles. The van der Waals surface area contributed by atoms with Crippen LogP contribution in [-0.4, -0.2) is 17.9 Å². The van der Waals surface area contributed by atoms with Crippen molar-refractivity contribution in [2.24, 2.45) is 40.4 Å². The number of hydrogen-bond acceptors (Lipinski definition) is 3. The van der Waals surface area contributed by atoms with E-state index < -0.39 is 0 Å². The number of hydrogen-bond donors (Lipinski definition) is 0. The molecule has 0 aromatic carbocycles. The second-order valence-electron chi connectivity index (χ2n) is 10.5. The summed E-state index contributed by atoms with van der Waals surface area (Å²) < 4.78 is 5.76. The highest BCUT2D eigenvalue weighted by atomic mass is 16.5. The maximum absolute atomic E-state index is 11.9. The average molecular weight is 361 g/mol. The Morgan fingerprint density at radius 2 is 1.54 bits per heavy atom. The van der Waals surface area contributed by atoms with Gasteiger partial charge in [-0.05, 0) is 93.8 Å². The third-order valence-electron chi connectivity index (χ3n) is 9.46. The van der Waals surface area contributed by atoms with Gasteiger partial charge in [0.15, 0.2) is 0 Å². The van der Waals surface area contributed by atoms with Crippen molar-refractivity contribution in [3.8, 4) is 0 Å². The van der Waals surface area contributed by atoms with Crippen molar-refractivity contribution >= 4 is 11.8 Å². The fourth-order valence-corrected chi connectivity index (χ4v) is 7.97. The van der Waals surface area contributed by atoms with Crippen LogP contribution < -0.4 is 0 Å². The zero-order valence-electron chi connectivity index (χ0n) is 17.1. The summed E-state index contributed by atoms with van der Waals surface area (Å²) >= 11 is 0. The Bertz CT molecular complexity index is 598. The van der Waals surface area contributed by atoms with E-state index in [4.69, 9.17) is 4.74 Å². The summed E-state index contributed by atoms with van der Waals surface area (Å²) in [5.41, 5.74) is 0.613. The molecule has 4 rings (SSSR count). The van der Waals surface area contributed by atoms with E-state index in [0.29, 0.717) is 23.0 Å². The van der Waals surface area contributed by atoms with Gasteiger partial charge in [-0.15, -0.1) is 0 Å². The van der Waals surface area contributed by atoms with E-state index in [1.807, 2.05) is 0 Å². The van der Waals surface area contributed by atoms with Crippen molar-refractivity contribution in [2.45, 2.75) is 91.6 Å². The Labute approximate surface area is 158 Å². The van der Waals surface area contributed by atoms with Crippen LogP contribution in [0.3, 0.4) is 0 Å². The van der Waals surface area contributed by atoms with Gasteiger partial charge in [0, 0.05) is 18.3 Å². The van der Waals surface area contributed by atoms with Gasteiger partial charge in [-0.25, -0.2) is 0 Å². The first kappa shape index (κ1) is 18.5. The molecule has 0 radical (unpaired) electrons. The van der Waals surface area contributed by atoms with Gasteiger partial charge in [0.25, 0.3) is 0 Å². The maximum Gasteiger partial charge on any atom is 0.302 e. The summed E-state index contributed by atoms with van der Waals surface area (Å²) in [6, 6.07) is 0. The highest BCUT2D eigenvalue weighted by Crippen LogP contribution is 2.66. The molecule has 4 aliphatic carbocycles. The first-order chi connectivity index (χ1) is 12.3. The molecule has 3 heteroatoms. The van der Waals surface area contributed by atoms with E-state index in [0.717, 1.165) is 37.0 Å². The number of Topliss-reactive ketones (excluding diaryl/α,β-unsaturated/α-hetero) is 1. The predicted molar refractivity (Wildman–Crippen MR) is 101 cm³/mol. The van der Waals surface area contributed by atoms with E-state index in [1.165, 1.54) is 38.5 Å². The molecule has 0 saturated heterocycles. The first-order valence-corrected chi connectivity index (χ1v) is 10.9. The molecule has 0 unspecified atom stereocenters. The molecule has 26 heavy (non-hydrogen) atoms. The monoisotopic (exact) mass is 360 g/mol. The van der Waals surface area contributed by atoms with Crippen molar-refractivity contribution in [1.29, 1.82) is 0 Å². The van der Waals surface area contributed by atoms with E-state index >= 15 is 0 Å². The Morgan fingerprint density at radius 3 is 2.23 bits per heavy atom. The molecule has 0 amide bonds. The molecular formula is C23H36O3. The minimum atomic E-state index is -0.114. The molecule has 8 atom stereocenters. The van der Waals surface area contributed by atoms with Crippen molar-refractivity contribution in [1.82, 2.24) is 0 Å². The smallest absolute Gasteiger partial charge is 0.302 e. The SMILES string of the molecule is CC(=O)O[C@H]1CC[C@H]2[C@@H]3CC[C@@H]4C[C@@H](C(C)=O)CC[C@]4(C)[C@H]3CC[C@]12C. The Morgan fingerprint density at radius 1 is 0.846 bits per heavy atom. The van der Waals surface area contributed by atoms with Crippen LogP contribution in [0.15, 0.2) is 0 Å². The normalized spacial score (nSPS) is 50.3. The number of esters is 1. The standard InChI is InChI=1S/C23H36O3/c1-14(24)16-9-11-22(3)17(13-16)5-6-18-19-7-8-21(26-15(2)25)23(19,4)12-10-20(18)22/h16-21H,5-13H2,1-4H3/t16-,17+,18-,19-,20-,21-,22-,23-/m0/s1. The van der Waals surface area contributed by atoms with Gasteiger partial charge in [-0.1, -0.05) is 13.8 Å². The van der Waals surface area contributed by atoms with Crippen molar-refractivity contribution in [2.75, 3.05) is 0 Å². The molecule has 0 aromatic heterocycles. The van der Waals surface area contributed by atoms with Gasteiger partial charge in [-0.3, -0.25) is 9.59 Å². The highest BCUT2D eigenvalue weighted by molar-refractivity contribution is 5.78. The van der Waals surface area contributed by atoms with Crippen LogP contribution >= 0.6 is 0 Å². The summed E-state index contributed by atoms with van der Waals surface area (Å²) in [5, 5.41) is 0. The lowest BCUT2D eigenvalue weighted by atomic mass is 9.44. The molecule has 146 valence electrons. The van der Waals surface area contributed by atoms with Crippen LogP contribution in [0.4, 0.5) is 0 Å². The molecular weight excluding hydrogens is 324 g/mol. The topological polar surface area (TPSA) is 43.4 Å². The molecule has 3 nitrogen and oxygen atoms in total. The lowest BCUT2D eigenvalue weighted by Crippen LogP contribution is -2.54. The van der Waals surface area contributed by atoms with Gasteiger partial charge in [0.1, 0.15) is 11.9 Å². The van der Waals surface area contributed by atoms with Gasteiger partial charge in [-0.2, -0.15) is 0 Å². The summed E-state index contributed by atoms with van der Waals surface area (Å²) in [7, 11) is 0. The van der Waals surface area contributed by atoms with Gasteiger partial charge in [0.05, 0.1) is 0 Å². The van der Waals surface area contributed by atoms with Crippen LogP contribution in [0.25, 0.3) is 0 Å². The molecule has 4 fully saturated rings. The first-order valence-electron chi connectivity index (χ1n) is 10.9. The number of carbonyl (C=O) groups is 2. The average Bonchev–Trinajstić information content (AvgIpc) is 2.90. The summed E-state index contributed by atoms with van der Waals surface area (Å²) in [5.74, 6) is 3.67. The molecule has 0 N–H and O–H groups in total. The Balaban J connectivity index is 1.55. The van der Waals surface area contributed by atoms with E-state index in [9.17, 15) is 9.59 Å². The number of ketones is 1. The molecule has 4 aliphatic rings. The zero-order chi connectivity index (χ0) is 18.7. The van der Waals surface area contributed by atoms with Crippen LogP contribution in [0, 0.1) is 40.4 Å². The zero-order valence-corrected chi connectivity index (χ0v) is 17.1. The van der Waals surface area contributed by atoms with E-state index in [1.54, 1.807) is 13.8 Å². The largest absolute Gasteiger partial charge is 0.462 e. The number of fused-ring (bicyclic) bond motifs is 5. The van der Waals surface area contributed by atoms with Crippen molar-refractivity contribution in [3.63, 3.8) is 0 Å². The van der Waals surface area contributed by atoms with Crippen molar-refractivity contribution < 1.29 is 14.3 Å². The van der Waals surface area contributed by atoms with Crippen LogP contribution in [0.1, 0.15) is 85.5 Å². The second kappa shape index (κ2) is 6.34. The van der Waals surface area contributed by atoms with Gasteiger partial charge >= 0.3 is 5.97 Å². The molecule has 0 bridgehead atoms. The fraction of sp³-hybridized carbons (Fsp3) is 0.913. The highest BCUT2D eigenvalue weighted by Gasteiger charge is 2.61. The summed E-state index contributed by atoms with van der Waals surface area (Å²) in [6.07, 6.45) is 11.0. The lowest BCUT2D eigenvalue weighted by Gasteiger charge is -2.60. The van der Waals surface area contributed by atoms with Crippen molar-refractivity contribution in [3.05, 3.63) is 0 Å². The lowest BCUT2D eigenvalue weighted by molar-refractivity contribution is -0.162. The molecule has 0 aliphatic heterocycles. The minimum absolute atomic E-state index is 0.114. The third kappa shape index (κ3) is 2.67. The fourth-order valence-electron chi connectivity index (χ4n) is 7.97. The van der Waals surface area contributed by atoms with Gasteiger partial charge < -0.3 is 4.74 Å². The Hall–Kier alpha value is -0.860. The number of carbonyl (C=O) groups excluding carboxylic acids is 2. The van der Waals surface area contributed by atoms with Crippen LogP contribution in [0.5, 0.6) is 0 Å². The maximum atomic E-state index is 11.9.